The Bertz CT molecular complexity index is 538. The van der Waals surface area contributed by atoms with E-state index in [1.54, 1.807) is 17.4 Å². The number of benzene rings is 1. The minimum absolute atomic E-state index is 0.260. The Hall–Kier alpha value is -0.900. The largest absolute Gasteiger partial charge is 0.310 e. The fraction of sp³-hybridized carbons (Fsp3) is 0.286. The van der Waals surface area contributed by atoms with E-state index in [1.165, 1.54) is 17.0 Å². The van der Waals surface area contributed by atoms with Crippen molar-refractivity contribution in [3.8, 4) is 10.4 Å². The van der Waals surface area contributed by atoms with Crippen LogP contribution in [0.3, 0.4) is 0 Å². The monoisotopic (exact) mass is 283 g/mol. The lowest BCUT2D eigenvalue weighted by molar-refractivity contribution is 0.607. The zero-order chi connectivity index (χ0) is 13.1. The molecule has 0 saturated heterocycles. The number of thiophene rings is 1. The van der Waals surface area contributed by atoms with Crippen molar-refractivity contribution in [1.29, 1.82) is 0 Å². The molecule has 1 unspecified atom stereocenters. The molecule has 0 aliphatic carbocycles. The van der Waals surface area contributed by atoms with Crippen molar-refractivity contribution in [3.05, 3.63) is 46.0 Å². The van der Waals surface area contributed by atoms with Crippen molar-refractivity contribution in [2.75, 3.05) is 6.54 Å². The summed E-state index contributed by atoms with van der Waals surface area (Å²) in [5.41, 5.74) is 0.761. The van der Waals surface area contributed by atoms with Crippen molar-refractivity contribution in [3.63, 3.8) is 0 Å². The zero-order valence-electron chi connectivity index (χ0n) is 10.3. The molecule has 0 aliphatic heterocycles. The Kier molecular flexibility index (Phi) is 4.38. The highest BCUT2D eigenvalue weighted by Crippen LogP contribution is 2.35. The van der Waals surface area contributed by atoms with Crippen LogP contribution in [0.1, 0.15) is 24.8 Å². The summed E-state index contributed by atoms with van der Waals surface area (Å²) in [6, 6.07) is 8.82. The van der Waals surface area contributed by atoms with E-state index in [0.29, 0.717) is 11.1 Å². The molecule has 1 nitrogen and oxygen atoms in total. The van der Waals surface area contributed by atoms with Gasteiger partial charge in [-0.3, -0.25) is 0 Å². The molecule has 1 N–H and O–H groups in total. The summed E-state index contributed by atoms with van der Waals surface area (Å²) >= 11 is 7.75. The van der Waals surface area contributed by atoms with Crippen molar-refractivity contribution < 1.29 is 4.39 Å². The van der Waals surface area contributed by atoms with Gasteiger partial charge in [-0.15, -0.1) is 11.3 Å². The van der Waals surface area contributed by atoms with E-state index >= 15 is 0 Å². The molecule has 0 amide bonds. The van der Waals surface area contributed by atoms with Gasteiger partial charge in [0.25, 0.3) is 0 Å². The van der Waals surface area contributed by atoms with E-state index in [4.69, 9.17) is 11.6 Å². The van der Waals surface area contributed by atoms with Gasteiger partial charge >= 0.3 is 0 Å². The normalized spacial score (nSPS) is 12.7. The lowest BCUT2D eigenvalue weighted by Crippen LogP contribution is -2.16. The molecule has 0 aliphatic rings. The van der Waals surface area contributed by atoms with E-state index in [2.05, 4.69) is 25.2 Å². The smallest absolute Gasteiger partial charge is 0.123 e. The molecule has 2 rings (SSSR count). The highest BCUT2D eigenvalue weighted by Gasteiger charge is 2.11. The maximum Gasteiger partial charge on any atom is 0.123 e. The molecule has 0 fully saturated rings. The Morgan fingerprint density at radius 2 is 2.11 bits per heavy atom. The van der Waals surface area contributed by atoms with Crippen LogP contribution in [0.5, 0.6) is 0 Å². The van der Waals surface area contributed by atoms with E-state index < -0.39 is 0 Å². The van der Waals surface area contributed by atoms with Gasteiger partial charge in [0.1, 0.15) is 5.82 Å². The first kappa shape index (κ1) is 13.5. The fourth-order valence-electron chi connectivity index (χ4n) is 1.82. The van der Waals surface area contributed by atoms with Gasteiger partial charge in [0.05, 0.1) is 0 Å². The number of hydrogen-bond acceptors (Lipinski definition) is 2. The summed E-state index contributed by atoms with van der Waals surface area (Å²) in [7, 11) is 0. The summed E-state index contributed by atoms with van der Waals surface area (Å²) in [4.78, 5) is 2.23. The van der Waals surface area contributed by atoms with Crippen LogP contribution < -0.4 is 5.32 Å². The Balaban J connectivity index is 2.32. The first-order chi connectivity index (χ1) is 8.61. The molecule has 1 aromatic heterocycles. The second kappa shape index (κ2) is 5.83. The number of hydrogen-bond donors (Lipinski definition) is 1. The predicted molar refractivity (Wildman–Crippen MR) is 76.8 cm³/mol. The van der Waals surface area contributed by atoms with Crippen LogP contribution >= 0.6 is 22.9 Å². The quantitative estimate of drug-likeness (QED) is 0.843. The van der Waals surface area contributed by atoms with Gasteiger partial charge in [0, 0.05) is 26.4 Å². The molecule has 1 atom stereocenters. The summed E-state index contributed by atoms with van der Waals surface area (Å²) in [5.74, 6) is -0.260. The highest BCUT2D eigenvalue weighted by molar-refractivity contribution is 7.15. The molecule has 96 valence electrons. The lowest BCUT2D eigenvalue weighted by Gasteiger charge is -2.09. The Labute approximate surface area is 116 Å². The minimum atomic E-state index is -0.260. The van der Waals surface area contributed by atoms with Crippen LogP contribution in [0.4, 0.5) is 4.39 Å². The molecule has 18 heavy (non-hydrogen) atoms. The Morgan fingerprint density at radius 1 is 1.33 bits per heavy atom. The lowest BCUT2D eigenvalue weighted by atomic mass is 10.2. The van der Waals surface area contributed by atoms with E-state index in [1.807, 2.05) is 6.07 Å². The fourth-order valence-corrected chi connectivity index (χ4v) is 3.16. The summed E-state index contributed by atoms with van der Waals surface area (Å²) in [6.07, 6.45) is 0. The predicted octanol–water partition coefficient (Wildman–Crippen LogP) is 4.88. The Morgan fingerprint density at radius 3 is 2.83 bits per heavy atom. The van der Waals surface area contributed by atoms with Gasteiger partial charge in [-0.25, -0.2) is 4.39 Å². The molecule has 0 spiro atoms. The topological polar surface area (TPSA) is 12.0 Å². The van der Waals surface area contributed by atoms with Crippen LogP contribution in [0.15, 0.2) is 30.3 Å². The van der Waals surface area contributed by atoms with Gasteiger partial charge < -0.3 is 5.32 Å². The minimum Gasteiger partial charge on any atom is -0.310 e. The molecule has 0 saturated carbocycles. The van der Waals surface area contributed by atoms with Crippen LogP contribution in [0, 0.1) is 5.82 Å². The van der Waals surface area contributed by atoms with Crippen molar-refractivity contribution in [1.82, 2.24) is 5.32 Å². The van der Waals surface area contributed by atoms with E-state index in [0.717, 1.165) is 17.0 Å². The molecule has 0 bridgehead atoms. The molecule has 4 heteroatoms. The first-order valence-corrected chi connectivity index (χ1v) is 7.09. The average Bonchev–Trinajstić information content (AvgIpc) is 2.82. The van der Waals surface area contributed by atoms with Crippen molar-refractivity contribution in [2.45, 2.75) is 19.9 Å². The average molecular weight is 284 g/mol. The third-order valence-corrected chi connectivity index (χ3v) is 4.39. The second-order valence-electron chi connectivity index (χ2n) is 4.11. The summed E-state index contributed by atoms with van der Waals surface area (Å²) in [5, 5.41) is 3.94. The van der Waals surface area contributed by atoms with Crippen LogP contribution in [-0.2, 0) is 0 Å². The van der Waals surface area contributed by atoms with Gasteiger partial charge in [-0.1, -0.05) is 18.5 Å². The van der Waals surface area contributed by atoms with E-state index in [9.17, 15) is 4.39 Å². The van der Waals surface area contributed by atoms with Crippen LogP contribution in [0.25, 0.3) is 10.4 Å². The van der Waals surface area contributed by atoms with Gasteiger partial charge in [0.2, 0.25) is 0 Å². The van der Waals surface area contributed by atoms with Gasteiger partial charge in [-0.2, -0.15) is 0 Å². The molecule has 1 heterocycles. The van der Waals surface area contributed by atoms with E-state index in [-0.39, 0.29) is 5.82 Å². The van der Waals surface area contributed by atoms with Crippen LogP contribution in [-0.4, -0.2) is 6.54 Å². The second-order valence-corrected chi connectivity index (χ2v) is 5.63. The number of nitrogens with one attached hydrogen (secondary N) is 1. The third kappa shape index (κ3) is 2.91. The summed E-state index contributed by atoms with van der Waals surface area (Å²) in [6.45, 7) is 5.12. The molecule has 0 radical (unpaired) electrons. The highest BCUT2D eigenvalue weighted by atomic mass is 35.5. The molecular weight excluding hydrogens is 269 g/mol. The van der Waals surface area contributed by atoms with Gasteiger partial charge in [0.15, 0.2) is 0 Å². The van der Waals surface area contributed by atoms with Crippen LogP contribution in [0.2, 0.25) is 5.02 Å². The SMILES string of the molecule is CCNC(C)c1ccc(-c2cc(F)ccc2Cl)s1. The molecule has 2 aromatic rings. The van der Waals surface area contributed by atoms with Gasteiger partial charge in [-0.05, 0) is 43.8 Å². The summed E-state index contributed by atoms with van der Waals surface area (Å²) < 4.78 is 13.3. The maximum absolute atomic E-state index is 13.3. The zero-order valence-corrected chi connectivity index (χ0v) is 11.9. The van der Waals surface area contributed by atoms with Crippen molar-refractivity contribution >= 4 is 22.9 Å². The van der Waals surface area contributed by atoms with Crippen molar-refractivity contribution in [2.24, 2.45) is 0 Å². The standard InChI is InChI=1S/C14H15ClFNS/c1-3-17-9(2)13-6-7-14(18-13)11-8-10(16)4-5-12(11)15/h4-9,17H,3H2,1-2H3. The third-order valence-electron chi connectivity index (χ3n) is 2.76. The first-order valence-electron chi connectivity index (χ1n) is 5.90. The number of halogens is 2. The number of rotatable bonds is 4. The maximum atomic E-state index is 13.3. The molecular formula is C14H15ClFNS. The molecule has 1 aromatic carbocycles.